The lowest BCUT2D eigenvalue weighted by Gasteiger charge is -2.07. The molecule has 3 nitrogen and oxygen atoms in total. The van der Waals surface area contributed by atoms with Gasteiger partial charge in [-0.3, -0.25) is 0 Å². The molecule has 3 heteroatoms. The summed E-state index contributed by atoms with van der Waals surface area (Å²) in [7, 11) is 0. The summed E-state index contributed by atoms with van der Waals surface area (Å²) in [6, 6.07) is 0.337. The highest BCUT2D eigenvalue weighted by molar-refractivity contribution is 4.91. The van der Waals surface area contributed by atoms with Crippen LogP contribution in [-0.2, 0) is 13.0 Å². The van der Waals surface area contributed by atoms with E-state index in [2.05, 4.69) is 29.6 Å². The van der Waals surface area contributed by atoms with Crippen molar-refractivity contribution in [1.29, 1.82) is 0 Å². The lowest BCUT2D eigenvalue weighted by atomic mass is 10.1. The fourth-order valence-electron chi connectivity index (χ4n) is 1.61. The lowest BCUT2D eigenvalue weighted by molar-refractivity contribution is 0.539. The van der Waals surface area contributed by atoms with Gasteiger partial charge in [-0.2, -0.15) is 0 Å². The molecule has 1 aromatic rings. The Labute approximate surface area is 86.3 Å². The Morgan fingerprint density at radius 3 is 2.93 bits per heavy atom. The van der Waals surface area contributed by atoms with Crippen molar-refractivity contribution < 1.29 is 0 Å². The van der Waals surface area contributed by atoms with Crippen LogP contribution in [0.2, 0.25) is 0 Å². The van der Waals surface area contributed by atoms with Gasteiger partial charge in [-0.1, -0.05) is 13.3 Å². The van der Waals surface area contributed by atoms with Gasteiger partial charge in [0.15, 0.2) is 0 Å². The summed E-state index contributed by atoms with van der Waals surface area (Å²) < 4.78 is 2.24. The van der Waals surface area contributed by atoms with Gasteiger partial charge in [0.2, 0.25) is 0 Å². The number of imidazole rings is 1. The topological polar surface area (TPSA) is 43.8 Å². The van der Waals surface area contributed by atoms with Crippen LogP contribution in [0.3, 0.4) is 0 Å². The molecule has 1 atom stereocenters. The molecule has 0 saturated carbocycles. The molecule has 0 radical (unpaired) electrons. The van der Waals surface area contributed by atoms with E-state index in [0.717, 1.165) is 19.4 Å². The molecule has 0 aromatic carbocycles. The quantitative estimate of drug-likeness (QED) is 0.705. The maximum absolute atomic E-state index is 5.69. The van der Waals surface area contributed by atoms with E-state index >= 15 is 0 Å². The van der Waals surface area contributed by atoms with Gasteiger partial charge in [0.05, 0.1) is 0 Å². The van der Waals surface area contributed by atoms with E-state index in [-0.39, 0.29) is 0 Å². The molecule has 1 aromatic heterocycles. The summed E-state index contributed by atoms with van der Waals surface area (Å²) in [6.45, 7) is 5.28. The molecular weight excluding hydrogens is 174 g/mol. The Bertz CT molecular complexity index is 253. The second-order valence-electron chi connectivity index (χ2n) is 3.86. The van der Waals surface area contributed by atoms with Crippen molar-refractivity contribution in [2.75, 3.05) is 0 Å². The van der Waals surface area contributed by atoms with Crippen molar-refractivity contribution in [3.8, 4) is 0 Å². The van der Waals surface area contributed by atoms with Gasteiger partial charge in [0, 0.05) is 31.4 Å². The van der Waals surface area contributed by atoms with Crippen LogP contribution in [0.4, 0.5) is 0 Å². The van der Waals surface area contributed by atoms with E-state index in [0.29, 0.717) is 6.04 Å². The predicted octanol–water partition coefficient (Wildman–Crippen LogP) is 1.96. The minimum atomic E-state index is 0.337. The van der Waals surface area contributed by atoms with E-state index in [1.54, 1.807) is 0 Å². The van der Waals surface area contributed by atoms with Crippen molar-refractivity contribution in [1.82, 2.24) is 9.55 Å². The highest BCUT2D eigenvalue weighted by Gasteiger charge is 1.99. The fourth-order valence-corrected chi connectivity index (χ4v) is 1.61. The van der Waals surface area contributed by atoms with Crippen LogP contribution in [0.25, 0.3) is 0 Å². The molecule has 0 aliphatic heterocycles. The highest BCUT2D eigenvalue weighted by atomic mass is 15.1. The molecule has 0 fully saturated rings. The third kappa shape index (κ3) is 3.50. The Kier molecular flexibility index (Phi) is 4.66. The number of nitrogens with zero attached hydrogens (tertiary/aromatic N) is 2. The summed E-state index contributed by atoms with van der Waals surface area (Å²) in [5.74, 6) is 1.19. The lowest BCUT2D eigenvalue weighted by Crippen LogP contribution is -2.14. The number of hydrogen-bond donors (Lipinski definition) is 1. The average Bonchev–Trinajstić information content (AvgIpc) is 2.59. The fraction of sp³-hybridized carbons (Fsp3) is 0.727. The van der Waals surface area contributed by atoms with Gasteiger partial charge in [-0.15, -0.1) is 0 Å². The van der Waals surface area contributed by atoms with E-state index in [4.69, 9.17) is 5.73 Å². The molecular formula is C11H21N3. The summed E-state index contributed by atoms with van der Waals surface area (Å²) in [6.07, 6.45) is 8.48. The Morgan fingerprint density at radius 2 is 2.29 bits per heavy atom. The summed E-state index contributed by atoms with van der Waals surface area (Å²) in [4.78, 5) is 4.29. The van der Waals surface area contributed by atoms with Crippen LogP contribution in [0.15, 0.2) is 12.4 Å². The van der Waals surface area contributed by atoms with Crippen LogP contribution >= 0.6 is 0 Å². The Balaban J connectivity index is 2.24. The van der Waals surface area contributed by atoms with Crippen LogP contribution in [-0.4, -0.2) is 15.6 Å². The van der Waals surface area contributed by atoms with Crippen LogP contribution in [0.1, 0.15) is 38.9 Å². The SMILES string of the molecule is CCc1nccn1CCCCC(C)N. The molecule has 0 spiro atoms. The summed E-state index contributed by atoms with van der Waals surface area (Å²) >= 11 is 0. The Morgan fingerprint density at radius 1 is 1.50 bits per heavy atom. The third-order valence-electron chi connectivity index (χ3n) is 2.43. The summed E-state index contributed by atoms with van der Waals surface area (Å²) in [5, 5.41) is 0. The molecule has 14 heavy (non-hydrogen) atoms. The summed E-state index contributed by atoms with van der Waals surface area (Å²) in [5.41, 5.74) is 5.69. The first-order valence-electron chi connectivity index (χ1n) is 5.49. The minimum Gasteiger partial charge on any atom is -0.335 e. The van der Waals surface area contributed by atoms with Crippen molar-refractivity contribution in [3.63, 3.8) is 0 Å². The standard InChI is InChI=1S/C11H21N3/c1-3-11-13-7-9-14(11)8-5-4-6-10(2)12/h7,9-10H,3-6,8,12H2,1-2H3. The Hall–Kier alpha value is -0.830. The van der Waals surface area contributed by atoms with Crippen LogP contribution < -0.4 is 5.73 Å². The zero-order valence-corrected chi connectivity index (χ0v) is 9.24. The van der Waals surface area contributed by atoms with Crippen LogP contribution in [0, 0.1) is 0 Å². The predicted molar refractivity (Wildman–Crippen MR) is 59.1 cm³/mol. The van der Waals surface area contributed by atoms with Gasteiger partial charge < -0.3 is 10.3 Å². The molecule has 0 aliphatic carbocycles. The smallest absolute Gasteiger partial charge is 0.108 e. The first-order chi connectivity index (χ1) is 6.74. The number of nitrogens with two attached hydrogens (primary N) is 1. The van der Waals surface area contributed by atoms with Crippen molar-refractivity contribution in [2.24, 2.45) is 5.73 Å². The molecule has 0 saturated heterocycles. The molecule has 0 amide bonds. The van der Waals surface area contributed by atoms with Crippen LogP contribution in [0.5, 0.6) is 0 Å². The first-order valence-corrected chi connectivity index (χ1v) is 5.49. The van der Waals surface area contributed by atoms with Gasteiger partial charge >= 0.3 is 0 Å². The van der Waals surface area contributed by atoms with E-state index in [1.165, 1.54) is 18.7 Å². The normalized spacial score (nSPS) is 13.1. The first kappa shape index (κ1) is 11.2. The molecule has 80 valence electrons. The second kappa shape index (κ2) is 5.81. The maximum atomic E-state index is 5.69. The number of aromatic nitrogens is 2. The van der Waals surface area contributed by atoms with E-state index in [1.807, 2.05) is 6.20 Å². The molecule has 1 rings (SSSR count). The van der Waals surface area contributed by atoms with Crippen molar-refractivity contribution >= 4 is 0 Å². The maximum Gasteiger partial charge on any atom is 0.108 e. The highest BCUT2D eigenvalue weighted by Crippen LogP contribution is 2.04. The number of hydrogen-bond acceptors (Lipinski definition) is 2. The average molecular weight is 195 g/mol. The molecule has 1 unspecified atom stereocenters. The molecule has 0 bridgehead atoms. The van der Waals surface area contributed by atoms with Crippen molar-refractivity contribution in [2.45, 2.75) is 52.1 Å². The number of rotatable bonds is 6. The van der Waals surface area contributed by atoms with Gasteiger partial charge in [0.1, 0.15) is 5.82 Å². The largest absolute Gasteiger partial charge is 0.335 e. The van der Waals surface area contributed by atoms with Gasteiger partial charge in [-0.25, -0.2) is 4.98 Å². The van der Waals surface area contributed by atoms with Gasteiger partial charge in [0.25, 0.3) is 0 Å². The molecule has 1 heterocycles. The second-order valence-corrected chi connectivity index (χ2v) is 3.86. The van der Waals surface area contributed by atoms with E-state index in [9.17, 15) is 0 Å². The third-order valence-corrected chi connectivity index (χ3v) is 2.43. The van der Waals surface area contributed by atoms with Crippen molar-refractivity contribution in [3.05, 3.63) is 18.2 Å². The minimum absolute atomic E-state index is 0.337. The number of aryl methyl sites for hydroxylation is 2. The van der Waals surface area contributed by atoms with E-state index < -0.39 is 0 Å². The molecule has 2 N–H and O–H groups in total. The van der Waals surface area contributed by atoms with Gasteiger partial charge in [-0.05, 0) is 19.8 Å². The number of unbranched alkanes of at least 4 members (excludes halogenated alkanes) is 1. The molecule has 0 aliphatic rings. The zero-order chi connectivity index (χ0) is 10.4. The zero-order valence-electron chi connectivity index (χ0n) is 9.24. The monoisotopic (exact) mass is 195 g/mol.